The van der Waals surface area contributed by atoms with Gasteiger partial charge in [0.15, 0.2) is 5.82 Å². The van der Waals surface area contributed by atoms with E-state index in [4.69, 9.17) is 5.73 Å². The minimum Gasteiger partial charge on any atom is -0.378 e. The van der Waals surface area contributed by atoms with E-state index < -0.39 is 5.91 Å². The zero-order valence-electron chi connectivity index (χ0n) is 13.1. The summed E-state index contributed by atoms with van der Waals surface area (Å²) in [5.74, 6) is -0.985. The first-order valence-electron chi connectivity index (χ1n) is 7.11. The van der Waals surface area contributed by atoms with Crippen molar-refractivity contribution in [1.29, 1.82) is 0 Å². The van der Waals surface area contributed by atoms with Crippen LogP contribution in [0.25, 0.3) is 0 Å². The maximum absolute atomic E-state index is 11.8. The van der Waals surface area contributed by atoms with Crippen LogP contribution in [0.2, 0.25) is 0 Å². The standard InChI is InChI=1S/C15H19N5O3/c1-20(2)11-6-3-10(4-7-11)5-8-13(21)17-9-12-18-15(14(16)22)23-19-12/h3-4,6-7H,5,8-9H2,1-2H3,(H2,16,22)(H,17,21). The summed E-state index contributed by atoms with van der Waals surface area (Å²) in [6.07, 6.45) is 0.986. The molecule has 3 N–H and O–H groups in total. The lowest BCUT2D eigenvalue weighted by Crippen LogP contribution is -2.23. The van der Waals surface area contributed by atoms with Gasteiger partial charge >= 0.3 is 11.8 Å². The third-order valence-corrected chi connectivity index (χ3v) is 3.22. The van der Waals surface area contributed by atoms with Crippen LogP contribution in [0.4, 0.5) is 5.69 Å². The summed E-state index contributed by atoms with van der Waals surface area (Å²) >= 11 is 0. The SMILES string of the molecule is CN(C)c1ccc(CCC(=O)NCc2noc(C(N)=O)n2)cc1. The van der Waals surface area contributed by atoms with Crippen molar-refractivity contribution in [2.75, 3.05) is 19.0 Å². The first kappa shape index (κ1) is 16.5. The second-order valence-corrected chi connectivity index (χ2v) is 5.22. The number of hydrogen-bond acceptors (Lipinski definition) is 6. The molecule has 2 rings (SSSR count). The molecule has 8 nitrogen and oxygen atoms in total. The summed E-state index contributed by atoms with van der Waals surface area (Å²) in [7, 11) is 3.95. The van der Waals surface area contributed by atoms with E-state index in [2.05, 4.69) is 20.0 Å². The van der Waals surface area contributed by atoms with Crippen molar-refractivity contribution in [3.8, 4) is 0 Å². The molecule has 2 amide bonds. The second-order valence-electron chi connectivity index (χ2n) is 5.22. The van der Waals surface area contributed by atoms with Crippen molar-refractivity contribution in [3.05, 3.63) is 41.5 Å². The number of aryl methyl sites for hydroxylation is 1. The molecule has 0 unspecified atom stereocenters. The molecule has 1 heterocycles. The Bertz CT molecular complexity index is 679. The Hall–Kier alpha value is -2.90. The van der Waals surface area contributed by atoms with Gasteiger partial charge in [-0.05, 0) is 24.1 Å². The number of nitrogens with zero attached hydrogens (tertiary/aromatic N) is 3. The van der Waals surface area contributed by atoms with Gasteiger partial charge in [-0.3, -0.25) is 9.59 Å². The molecule has 0 aliphatic heterocycles. The number of carbonyl (C=O) groups is 2. The number of hydrogen-bond donors (Lipinski definition) is 2. The average molecular weight is 317 g/mol. The number of aromatic nitrogens is 2. The molecule has 0 saturated carbocycles. The van der Waals surface area contributed by atoms with E-state index in [9.17, 15) is 9.59 Å². The molecule has 1 aromatic carbocycles. The van der Waals surface area contributed by atoms with Crippen molar-refractivity contribution in [1.82, 2.24) is 15.5 Å². The molecule has 0 aliphatic carbocycles. The molecule has 1 aromatic heterocycles. The molecule has 0 atom stereocenters. The lowest BCUT2D eigenvalue weighted by molar-refractivity contribution is -0.121. The monoisotopic (exact) mass is 317 g/mol. The number of anilines is 1. The van der Waals surface area contributed by atoms with Gasteiger partial charge in [0.25, 0.3) is 0 Å². The largest absolute Gasteiger partial charge is 0.378 e. The van der Waals surface area contributed by atoms with E-state index in [1.54, 1.807) is 0 Å². The van der Waals surface area contributed by atoms with Gasteiger partial charge in [0, 0.05) is 26.2 Å². The van der Waals surface area contributed by atoms with E-state index in [0.29, 0.717) is 12.8 Å². The predicted molar refractivity (Wildman–Crippen MR) is 83.8 cm³/mol. The molecule has 0 bridgehead atoms. The fraction of sp³-hybridized carbons (Fsp3) is 0.333. The zero-order chi connectivity index (χ0) is 16.8. The Kier molecular flexibility index (Phi) is 5.29. The molecule has 0 spiro atoms. The quantitative estimate of drug-likeness (QED) is 0.768. The van der Waals surface area contributed by atoms with Crippen molar-refractivity contribution in [3.63, 3.8) is 0 Å². The molecular formula is C15H19N5O3. The number of nitrogens with two attached hydrogens (primary N) is 1. The maximum atomic E-state index is 11.8. The molecule has 122 valence electrons. The number of amides is 2. The van der Waals surface area contributed by atoms with E-state index in [0.717, 1.165) is 11.3 Å². The Morgan fingerprint density at radius 3 is 2.52 bits per heavy atom. The van der Waals surface area contributed by atoms with Gasteiger partial charge in [0.2, 0.25) is 5.91 Å². The normalized spacial score (nSPS) is 10.3. The fourth-order valence-corrected chi connectivity index (χ4v) is 1.91. The molecule has 23 heavy (non-hydrogen) atoms. The molecule has 0 fully saturated rings. The van der Waals surface area contributed by atoms with Crippen LogP contribution in [0.15, 0.2) is 28.8 Å². The summed E-state index contributed by atoms with van der Waals surface area (Å²) in [5.41, 5.74) is 7.20. The van der Waals surface area contributed by atoms with Crippen LogP contribution in [0.3, 0.4) is 0 Å². The Balaban J connectivity index is 1.77. The Morgan fingerprint density at radius 2 is 1.96 bits per heavy atom. The van der Waals surface area contributed by atoms with E-state index in [-0.39, 0.29) is 24.2 Å². The van der Waals surface area contributed by atoms with Crippen LogP contribution < -0.4 is 16.0 Å². The van der Waals surface area contributed by atoms with Crippen LogP contribution in [0.5, 0.6) is 0 Å². The van der Waals surface area contributed by atoms with Crippen LogP contribution in [0.1, 0.15) is 28.5 Å². The maximum Gasteiger partial charge on any atom is 0.315 e. The van der Waals surface area contributed by atoms with Crippen LogP contribution in [0, 0.1) is 0 Å². The minimum absolute atomic E-state index is 0.0924. The molecule has 2 aromatic rings. The summed E-state index contributed by atoms with van der Waals surface area (Å²) in [6.45, 7) is 0.0924. The van der Waals surface area contributed by atoms with Crippen molar-refractivity contribution < 1.29 is 14.1 Å². The van der Waals surface area contributed by atoms with Gasteiger partial charge in [-0.1, -0.05) is 17.3 Å². The topological polar surface area (TPSA) is 114 Å². The highest BCUT2D eigenvalue weighted by molar-refractivity contribution is 5.87. The highest BCUT2D eigenvalue weighted by atomic mass is 16.5. The van der Waals surface area contributed by atoms with Gasteiger partial charge in [-0.2, -0.15) is 4.98 Å². The number of nitrogens with one attached hydrogen (secondary N) is 1. The summed E-state index contributed by atoms with van der Waals surface area (Å²) in [6, 6.07) is 8.03. The third-order valence-electron chi connectivity index (χ3n) is 3.22. The third kappa shape index (κ3) is 4.80. The lowest BCUT2D eigenvalue weighted by Gasteiger charge is -2.12. The highest BCUT2D eigenvalue weighted by Gasteiger charge is 2.12. The van der Waals surface area contributed by atoms with Crippen molar-refractivity contribution in [2.24, 2.45) is 5.73 Å². The number of benzene rings is 1. The predicted octanol–water partition coefficient (Wildman–Crippen LogP) is 0.484. The summed E-state index contributed by atoms with van der Waals surface area (Å²) in [5, 5.41) is 6.21. The average Bonchev–Trinajstić information content (AvgIpc) is 3.00. The molecule has 8 heteroatoms. The Morgan fingerprint density at radius 1 is 1.26 bits per heavy atom. The van der Waals surface area contributed by atoms with E-state index in [1.165, 1.54) is 0 Å². The van der Waals surface area contributed by atoms with Crippen molar-refractivity contribution >= 4 is 17.5 Å². The first-order valence-corrected chi connectivity index (χ1v) is 7.11. The van der Waals surface area contributed by atoms with Gasteiger partial charge in [-0.25, -0.2) is 0 Å². The number of rotatable bonds is 7. The van der Waals surface area contributed by atoms with Gasteiger partial charge in [0.1, 0.15) is 0 Å². The highest BCUT2D eigenvalue weighted by Crippen LogP contribution is 2.13. The first-order chi connectivity index (χ1) is 11.0. The molecular weight excluding hydrogens is 298 g/mol. The molecule has 0 radical (unpaired) electrons. The smallest absolute Gasteiger partial charge is 0.315 e. The van der Waals surface area contributed by atoms with E-state index in [1.807, 2.05) is 43.3 Å². The van der Waals surface area contributed by atoms with Gasteiger partial charge in [0.05, 0.1) is 6.54 Å². The van der Waals surface area contributed by atoms with Gasteiger partial charge in [-0.15, -0.1) is 0 Å². The van der Waals surface area contributed by atoms with Crippen molar-refractivity contribution in [2.45, 2.75) is 19.4 Å². The second kappa shape index (κ2) is 7.39. The fourth-order valence-electron chi connectivity index (χ4n) is 1.91. The number of carbonyl (C=O) groups excluding carboxylic acids is 2. The summed E-state index contributed by atoms with van der Waals surface area (Å²) < 4.78 is 4.63. The van der Waals surface area contributed by atoms with Gasteiger partial charge < -0.3 is 20.5 Å². The number of primary amides is 1. The van der Waals surface area contributed by atoms with Crippen LogP contribution in [-0.2, 0) is 17.8 Å². The zero-order valence-corrected chi connectivity index (χ0v) is 13.1. The van der Waals surface area contributed by atoms with E-state index >= 15 is 0 Å². The summed E-state index contributed by atoms with van der Waals surface area (Å²) in [4.78, 5) is 28.4. The lowest BCUT2D eigenvalue weighted by atomic mass is 10.1. The molecule has 0 aliphatic rings. The van der Waals surface area contributed by atoms with Crippen LogP contribution in [-0.4, -0.2) is 36.1 Å². The minimum atomic E-state index is -0.795. The van der Waals surface area contributed by atoms with Crippen LogP contribution >= 0.6 is 0 Å². The molecule has 0 saturated heterocycles. The Labute approximate surface area is 133 Å².